The highest BCUT2D eigenvalue weighted by Gasteiger charge is 2.25. The Morgan fingerprint density at radius 1 is 1.28 bits per heavy atom. The fraction of sp³-hybridized carbons (Fsp3) is 0.450. The first-order valence-electron chi connectivity index (χ1n) is 9.92. The van der Waals surface area contributed by atoms with Crippen molar-refractivity contribution in [2.75, 3.05) is 18.8 Å². The number of fused-ring (bicyclic) bond motifs is 2. The third-order valence-corrected chi connectivity index (χ3v) is 7.88. The van der Waals surface area contributed by atoms with Crippen LogP contribution in [0.15, 0.2) is 28.5 Å². The number of nitrogens with zero attached hydrogens (tertiary/aromatic N) is 4. The number of alkyl halides is 1. The van der Waals surface area contributed by atoms with Crippen molar-refractivity contribution in [1.29, 1.82) is 0 Å². The second-order valence-electron chi connectivity index (χ2n) is 7.71. The minimum Gasteiger partial charge on any atom is -0.382 e. The van der Waals surface area contributed by atoms with E-state index in [-0.39, 0.29) is 0 Å². The van der Waals surface area contributed by atoms with E-state index < -0.39 is 6.17 Å². The van der Waals surface area contributed by atoms with Crippen molar-refractivity contribution in [2.45, 2.75) is 48.5 Å². The van der Waals surface area contributed by atoms with E-state index in [2.05, 4.69) is 48.5 Å². The smallest absolute Gasteiger partial charge is 0.175 e. The summed E-state index contributed by atoms with van der Waals surface area (Å²) in [5, 5.41) is 4.34. The molecule has 3 aromatic rings. The van der Waals surface area contributed by atoms with Crippen LogP contribution in [0.25, 0.3) is 11.2 Å². The second kappa shape index (κ2) is 7.99. The van der Waals surface area contributed by atoms with Gasteiger partial charge in [-0.2, -0.15) is 0 Å². The van der Waals surface area contributed by atoms with Crippen LogP contribution in [-0.2, 0) is 13.0 Å². The number of nitrogens with two attached hydrogens (primary N) is 1. The summed E-state index contributed by atoms with van der Waals surface area (Å²) >= 11 is 3.87. The molecule has 9 heteroatoms. The third kappa shape index (κ3) is 3.96. The van der Waals surface area contributed by atoms with E-state index in [0.717, 1.165) is 62.4 Å². The Labute approximate surface area is 186 Å². The molecule has 1 saturated carbocycles. The fourth-order valence-electron chi connectivity index (χ4n) is 3.77. The average molecular weight is 524 g/mol. The Balaban J connectivity index is 1.46. The normalized spacial score (nSPS) is 18.5. The van der Waals surface area contributed by atoms with Crippen LogP contribution < -0.4 is 11.1 Å². The average Bonchev–Trinajstić information content (AvgIpc) is 3.37. The Morgan fingerprint density at radius 2 is 2.14 bits per heavy atom. The van der Waals surface area contributed by atoms with Crippen molar-refractivity contribution >= 4 is 51.3 Å². The van der Waals surface area contributed by atoms with Gasteiger partial charge in [0, 0.05) is 21.6 Å². The fourth-order valence-corrected chi connectivity index (χ4v) is 5.59. The van der Waals surface area contributed by atoms with E-state index in [1.807, 2.05) is 6.07 Å². The molecule has 1 unspecified atom stereocenters. The molecule has 3 N–H and O–H groups in total. The van der Waals surface area contributed by atoms with Crippen LogP contribution in [-0.4, -0.2) is 32.6 Å². The van der Waals surface area contributed by atoms with Gasteiger partial charge in [-0.15, -0.1) is 0 Å². The monoisotopic (exact) mass is 524 g/mol. The molecule has 29 heavy (non-hydrogen) atoms. The van der Waals surface area contributed by atoms with Crippen LogP contribution in [0.2, 0.25) is 0 Å². The highest BCUT2D eigenvalue weighted by molar-refractivity contribution is 14.1. The summed E-state index contributed by atoms with van der Waals surface area (Å²) in [6.45, 7) is 2.65. The first-order valence-corrected chi connectivity index (χ1v) is 11.8. The van der Waals surface area contributed by atoms with Crippen LogP contribution in [0, 0.1) is 9.49 Å². The molecular formula is C20H22FIN6S. The van der Waals surface area contributed by atoms with Gasteiger partial charge in [-0.25, -0.2) is 19.3 Å². The van der Waals surface area contributed by atoms with Gasteiger partial charge in [-0.1, -0.05) is 11.8 Å². The summed E-state index contributed by atoms with van der Waals surface area (Å²) < 4.78 is 17.5. The van der Waals surface area contributed by atoms with Crippen molar-refractivity contribution in [2.24, 2.45) is 5.92 Å². The number of rotatable bonds is 7. The topological polar surface area (TPSA) is 81.7 Å². The molecule has 2 aromatic heterocycles. The number of anilines is 1. The zero-order valence-corrected chi connectivity index (χ0v) is 18.8. The molecular weight excluding hydrogens is 502 g/mol. The number of halogens is 2. The molecule has 0 bridgehead atoms. The Bertz CT molecular complexity index is 1070. The molecule has 1 fully saturated rings. The summed E-state index contributed by atoms with van der Waals surface area (Å²) in [6, 6.07) is 4.10. The quantitative estimate of drug-likeness (QED) is 0.358. The predicted octanol–water partition coefficient (Wildman–Crippen LogP) is 4.12. The van der Waals surface area contributed by atoms with E-state index in [4.69, 9.17) is 10.7 Å². The third-order valence-electron chi connectivity index (χ3n) is 5.57. The Hall–Kier alpha value is -1.46. The van der Waals surface area contributed by atoms with Crippen molar-refractivity contribution in [3.05, 3.63) is 33.2 Å². The van der Waals surface area contributed by atoms with Crippen molar-refractivity contribution in [1.82, 2.24) is 24.8 Å². The second-order valence-corrected chi connectivity index (χ2v) is 9.89. The number of nitrogen functional groups attached to an aromatic ring is 1. The Morgan fingerprint density at radius 3 is 2.97 bits per heavy atom. The largest absolute Gasteiger partial charge is 0.382 e. The number of aryl methyl sites for hydroxylation is 1. The van der Waals surface area contributed by atoms with Gasteiger partial charge >= 0.3 is 0 Å². The lowest BCUT2D eigenvalue weighted by molar-refractivity contribution is 0.343. The zero-order valence-electron chi connectivity index (χ0n) is 15.9. The molecule has 2 aliphatic carbocycles. The molecule has 5 rings (SSSR count). The zero-order chi connectivity index (χ0) is 20.0. The summed E-state index contributed by atoms with van der Waals surface area (Å²) in [6.07, 6.45) is 4.67. The number of hydrogen-bond donors (Lipinski definition) is 2. The van der Waals surface area contributed by atoms with Gasteiger partial charge in [-0.3, -0.25) is 0 Å². The van der Waals surface area contributed by atoms with Crippen molar-refractivity contribution in [3.8, 4) is 0 Å². The molecule has 2 heterocycles. The Kier molecular flexibility index (Phi) is 5.37. The standard InChI is InChI=1S/C20H22FIN6S/c21-14-4-3-12-7-15(22)16(8-13(12)14)29-20-27-17-18(23)25-10-26-19(17)28(20)6-5-24-9-11-1-2-11/h7-8,10-11,14,24H,1-6,9H2,(H2,23,25,26). The molecule has 1 aromatic carbocycles. The van der Waals surface area contributed by atoms with Crippen LogP contribution in [0.3, 0.4) is 0 Å². The molecule has 0 spiro atoms. The van der Waals surface area contributed by atoms with Gasteiger partial charge in [0.2, 0.25) is 0 Å². The molecule has 0 radical (unpaired) electrons. The lowest BCUT2D eigenvalue weighted by Crippen LogP contribution is -2.22. The maximum atomic E-state index is 14.3. The van der Waals surface area contributed by atoms with Crippen LogP contribution in [0.1, 0.15) is 36.6 Å². The molecule has 1 atom stereocenters. The molecule has 6 nitrogen and oxygen atoms in total. The van der Waals surface area contributed by atoms with Crippen LogP contribution >= 0.6 is 34.4 Å². The van der Waals surface area contributed by atoms with E-state index in [1.54, 1.807) is 11.8 Å². The summed E-state index contributed by atoms with van der Waals surface area (Å²) in [4.78, 5) is 14.3. The van der Waals surface area contributed by atoms with E-state index in [9.17, 15) is 4.39 Å². The SMILES string of the molecule is Nc1ncnc2c1nc(Sc1cc3c(cc1I)CCC3F)n2CCNCC1CC1. The van der Waals surface area contributed by atoms with Gasteiger partial charge < -0.3 is 15.6 Å². The van der Waals surface area contributed by atoms with E-state index in [1.165, 1.54) is 19.2 Å². The maximum Gasteiger partial charge on any atom is 0.175 e. The van der Waals surface area contributed by atoms with Gasteiger partial charge in [0.1, 0.15) is 12.5 Å². The lowest BCUT2D eigenvalue weighted by Gasteiger charge is -2.11. The number of nitrogens with one attached hydrogen (secondary N) is 1. The van der Waals surface area contributed by atoms with Crippen LogP contribution in [0.4, 0.5) is 10.2 Å². The lowest BCUT2D eigenvalue weighted by atomic mass is 10.1. The van der Waals surface area contributed by atoms with Crippen molar-refractivity contribution in [3.63, 3.8) is 0 Å². The molecule has 152 valence electrons. The van der Waals surface area contributed by atoms with Gasteiger partial charge in [-0.05, 0) is 84.0 Å². The van der Waals surface area contributed by atoms with Crippen LogP contribution in [0.5, 0.6) is 0 Å². The highest BCUT2D eigenvalue weighted by atomic mass is 127. The number of aromatic nitrogens is 4. The molecule has 2 aliphatic rings. The minimum atomic E-state index is -0.867. The summed E-state index contributed by atoms with van der Waals surface area (Å²) in [5.41, 5.74) is 9.36. The number of hydrogen-bond acceptors (Lipinski definition) is 6. The minimum absolute atomic E-state index is 0.383. The van der Waals surface area contributed by atoms with E-state index >= 15 is 0 Å². The van der Waals surface area contributed by atoms with Gasteiger partial charge in [0.05, 0.1) is 0 Å². The molecule has 0 aliphatic heterocycles. The first kappa shape index (κ1) is 19.5. The summed E-state index contributed by atoms with van der Waals surface area (Å²) in [5.74, 6) is 1.22. The maximum absolute atomic E-state index is 14.3. The summed E-state index contributed by atoms with van der Waals surface area (Å²) in [7, 11) is 0. The number of benzene rings is 1. The van der Waals surface area contributed by atoms with Gasteiger partial charge in [0.15, 0.2) is 22.1 Å². The van der Waals surface area contributed by atoms with E-state index in [0.29, 0.717) is 17.8 Å². The number of imidazole rings is 1. The van der Waals surface area contributed by atoms with Gasteiger partial charge in [0.25, 0.3) is 0 Å². The molecule has 0 amide bonds. The molecule has 0 saturated heterocycles. The highest BCUT2D eigenvalue weighted by Crippen LogP contribution is 2.41. The van der Waals surface area contributed by atoms with Crippen molar-refractivity contribution < 1.29 is 4.39 Å². The predicted molar refractivity (Wildman–Crippen MR) is 121 cm³/mol. The first-order chi connectivity index (χ1) is 14.1.